The van der Waals surface area contributed by atoms with Gasteiger partial charge in [-0.05, 0) is 59.7 Å². The molecule has 0 unspecified atom stereocenters. The van der Waals surface area contributed by atoms with Crippen LogP contribution in [-0.2, 0) is 10.0 Å². The van der Waals surface area contributed by atoms with Gasteiger partial charge in [0.15, 0.2) is 5.76 Å². The Bertz CT molecular complexity index is 1800. The first kappa shape index (κ1) is 20.9. The quantitative estimate of drug-likeness (QED) is 0.368. The molecule has 172 valence electrons. The summed E-state index contributed by atoms with van der Waals surface area (Å²) in [5.74, 6) is -0.335. The number of benzene rings is 2. The highest BCUT2D eigenvalue weighted by molar-refractivity contribution is 7.90. The molecule has 4 heterocycles. The van der Waals surface area contributed by atoms with Gasteiger partial charge in [-0.1, -0.05) is 18.2 Å². The van der Waals surface area contributed by atoms with E-state index in [4.69, 9.17) is 4.42 Å². The Morgan fingerprint density at radius 3 is 2.66 bits per heavy atom. The van der Waals surface area contributed by atoms with Crippen LogP contribution in [0.5, 0.6) is 0 Å². The Labute approximate surface area is 199 Å². The maximum Gasteiger partial charge on any atom is 0.291 e. The lowest BCUT2D eigenvalue weighted by molar-refractivity contribution is 0.0997. The third-order valence-electron chi connectivity index (χ3n) is 5.69. The zero-order valence-electron chi connectivity index (χ0n) is 18.0. The van der Waals surface area contributed by atoms with Crippen molar-refractivity contribution in [2.24, 2.45) is 0 Å². The van der Waals surface area contributed by atoms with Crippen LogP contribution in [0.15, 0.2) is 101 Å². The minimum absolute atomic E-state index is 0.105. The van der Waals surface area contributed by atoms with E-state index in [0.29, 0.717) is 27.8 Å². The van der Waals surface area contributed by atoms with Crippen LogP contribution in [0.25, 0.3) is 33.1 Å². The van der Waals surface area contributed by atoms with Crippen molar-refractivity contribution in [1.82, 2.24) is 19.2 Å². The van der Waals surface area contributed by atoms with Gasteiger partial charge in [0, 0.05) is 23.2 Å². The zero-order valence-corrected chi connectivity index (χ0v) is 18.9. The topological polar surface area (TPSA) is 123 Å². The Balaban J connectivity index is 1.59. The number of nitrogens with zero attached hydrogens (tertiary/aromatic N) is 3. The van der Waals surface area contributed by atoms with Gasteiger partial charge in [0.1, 0.15) is 5.65 Å². The molecule has 0 radical (unpaired) electrons. The number of nitrogens with one attached hydrogen (secondary N) is 2. The second-order valence-corrected chi connectivity index (χ2v) is 9.56. The molecule has 0 saturated carbocycles. The Hall–Kier alpha value is -4.70. The molecule has 0 atom stereocenters. The predicted molar refractivity (Wildman–Crippen MR) is 131 cm³/mol. The summed E-state index contributed by atoms with van der Waals surface area (Å²) in [6.45, 7) is 0. The number of carbonyl (C=O) groups excluding carboxylic acids is 1. The van der Waals surface area contributed by atoms with Crippen LogP contribution in [0, 0.1) is 0 Å². The first-order valence-electron chi connectivity index (χ1n) is 10.6. The predicted octanol–water partition coefficient (Wildman–Crippen LogP) is 4.66. The molecule has 0 aliphatic rings. The molecule has 2 aromatic carbocycles. The summed E-state index contributed by atoms with van der Waals surface area (Å²) in [6, 6.07) is 18.5. The monoisotopic (exact) mass is 483 g/mol. The number of fused-ring (bicyclic) bond motifs is 2. The lowest BCUT2D eigenvalue weighted by atomic mass is 10.0. The van der Waals surface area contributed by atoms with E-state index in [1.165, 1.54) is 24.6 Å². The maximum absolute atomic E-state index is 13.4. The zero-order chi connectivity index (χ0) is 24.0. The van der Waals surface area contributed by atoms with Crippen molar-refractivity contribution in [2.45, 2.75) is 4.90 Å². The molecular weight excluding hydrogens is 466 g/mol. The number of hydrogen-bond acceptors (Lipinski definition) is 6. The van der Waals surface area contributed by atoms with Crippen molar-refractivity contribution in [3.05, 3.63) is 97.3 Å². The summed E-state index contributed by atoms with van der Waals surface area (Å²) in [6.07, 6.45) is 6.28. The van der Waals surface area contributed by atoms with Crippen molar-refractivity contribution in [3.8, 4) is 11.1 Å². The van der Waals surface area contributed by atoms with Crippen molar-refractivity contribution in [3.63, 3.8) is 0 Å². The van der Waals surface area contributed by atoms with Crippen molar-refractivity contribution < 1.29 is 17.6 Å². The molecule has 4 aromatic heterocycles. The summed E-state index contributed by atoms with van der Waals surface area (Å²) in [7, 11) is -3.99. The summed E-state index contributed by atoms with van der Waals surface area (Å²) >= 11 is 0. The Morgan fingerprint density at radius 1 is 1.00 bits per heavy atom. The van der Waals surface area contributed by atoms with E-state index in [9.17, 15) is 13.2 Å². The van der Waals surface area contributed by atoms with Gasteiger partial charge in [0.25, 0.3) is 15.9 Å². The average Bonchev–Trinajstić information content (AvgIpc) is 3.65. The van der Waals surface area contributed by atoms with Crippen LogP contribution in [0.1, 0.15) is 10.6 Å². The molecule has 0 saturated heterocycles. The molecule has 2 N–H and O–H groups in total. The fraction of sp³-hybridized carbons (Fsp3) is 0. The highest BCUT2D eigenvalue weighted by atomic mass is 32.2. The van der Waals surface area contributed by atoms with Gasteiger partial charge in [0.05, 0.1) is 28.6 Å². The molecule has 9 nitrogen and oxygen atoms in total. The number of anilines is 1. The van der Waals surface area contributed by atoms with E-state index in [2.05, 4.69) is 20.4 Å². The highest BCUT2D eigenvalue weighted by Gasteiger charge is 2.23. The van der Waals surface area contributed by atoms with Crippen molar-refractivity contribution in [1.29, 1.82) is 0 Å². The number of amides is 1. The van der Waals surface area contributed by atoms with Crippen LogP contribution in [0.4, 0.5) is 5.69 Å². The molecule has 0 fully saturated rings. The normalized spacial score (nSPS) is 11.8. The minimum atomic E-state index is -3.99. The average molecular weight is 484 g/mol. The van der Waals surface area contributed by atoms with E-state index in [1.54, 1.807) is 54.9 Å². The molecule has 6 aromatic rings. The fourth-order valence-electron chi connectivity index (χ4n) is 4.05. The van der Waals surface area contributed by atoms with Crippen molar-refractivity contribution >= 4 is 43.6 Å². The summed E-state index contributed by atoms with van der Waals surface area (Å²) in [5, 5.41) is 8.36. The molecule has 0 bridgehead atoms. The third kappa shape index (κ3) is 3.47. The van der Waals surface area contributed by atoms with Gasteiger partial charge >= 0.3 is 0 Å². The standard InChI is InChI=1S/C25H17N5O4S/c31-25(23-7-4-12-34-23)29-21-13-16(18-8-10-26-24-19(18)9-11-27-24)14-22-20(21)15-28-30(22)35(32,33)17-5-2-1-3-6-17/h1-15H,(H,26,27)(H,29,31). The lowest BCUT2D eigenvalue weighted by Crippen LogP contribution is -2.14. The minimum Gasteiger partial charge on any atom is -0.459 e. The highest BCUT2D eigenvalue weighted by Crippen LogP contribution is 2.35. The lowest BCUT2D eigenvalue weighted by Gasteiger charge is -2.12. The number of aromatic amines is 1. The third-order valence-corrected chi connectivity index (χ3v) is 7.30. The van der Waals surface area contributed by atoms with Crippen LogP contribution >= 0.6 is 0 Å². The SMILES string of the molecule is O=C(Nc1cc(-c2ccnc3[nH]ccc23)cc2c1cnn2S(=O)(=O)c1ccccc1)c1ccco1. The van der Waals surface area contributed by atoms with E-state index < -0.39 is 15.9 Å². The van der Waals surface area contributed by atoms with E-state index in [-0.39, 0.29) is 10.7 Å². The largest absolute Gasteiger partial charge is 0.459 e. The summed E-state index contributed by atoms with van der Waals surface area (Å²) < 4.78 is 33.1. The molecule has 1 amide bonds. The molecule has 6 rings (SSSR count). The summed E-state index contributed by atoms with van der Waals surface area (Å²) in [5.41, 5.74) is 2.91. The van der Waals surface area contributed by atoms with Gasteiger partial charge in [-0.3, -0.25) is 4.79 Å². The molecule has 0 aliphatic heterocycles. The molecule has 35 heavy (non-hydrogen) atoms. The van der Waals surface area contributed by atoms with Crippen LogP contribution in [-0.4, -0.2) is 33.5 Å². The second kappa shape index (κ2) is 7.96. The molecule has 10 heteroatoms. The van der Waals surface area contributed by atoms with Gasteiger partial charge in [-0.25, -0.2) is 4.98 Å². The first-order chi connectivity index (χ1) is 17.0. The first-order valence-corrected chi connectivity index (χ1v) is 12.1. The van der Waals surface area contributed by atoms with Gasteiger partial charge in [-0.2, -0.15) is 17.6 Å². The van der Waals surface area contributed by atoms with Crippen LogP contribution < -0.4 is 5.32 Å². The molecule has 0 aliphatic carbocycles. The van der Waals surface area contributed by atoms with E-state index in [1.807, 2.05) is 12.1 Å². The van der Waals surface area contributed by atoms with E-state index in [0.717, 1.165) is 15.0 Å². The van der Waals surface area contributed by atoms with E-state index >= 15 is 0 Å². The smallest absolute Gasteiger partial charge is 0.291 e. The van der Waals surface area contributed by atoms with Crippen LogP contribution in [0.2, 0.25) is 0 Å². The molecular formula is C25H17N5O4S. The number of H-pyrrole nitrogens is 1. The molecule has 0 spiro atoms. The fourth-order valence-corrected chi connectivity index (χ4v) is 5.33. The number of carbonyl (C=O) groups is 1. The number of rotatable bonds is 5. The Kier molecular flexibility index (Phi) is 4.75. The van der Waals surface area contributed by atoms with Crippen molar-refractivity contribution in [2.75, 3.05) is 5.32 Å². The second-order valence-electron chi connectivity index (χ2n) is 7.79. The van der Waals surface area contributed by atoms with Gasteiger partial charge in [-0.15, -0.1) is 0 Å². The maximum atomic E-state index is 13.4. The summed E-state index contributed by atoms with van der Waals surface area (Å²) in [4.78, 5) is 20.3. The van der Waals surface area contributed by atoms with Gasteiger partial charge < -0.3 is 14.7 Å². The number of pyridine rings is 1. The Morgan fingerprint density at radius 2 is 1.86 bits per heavy atom. The van der Waals surface area contributed by atoms with Crippen LogP contribution in [0.3, 0.4) is 0 Å². The number of hydrogen-bond donors (Lipinski definition) is 2. The number of furan rings is 1. The number of aromatic nitrogens is 4. The van der Waals surface area contributed by atoms with Gasteiger partial charge in [0.2, 0.25) is 0 Å².